The van der Waals surface area contributed by atoms with Crippen molar-refractivity contribution < 1.29 is 14.3 Å². The van der Waals surface area contributed by atoms with Crippen LogP contribution in [0.5, 0.6) is 5.75 Å². The zero-order valence-corrected chi connectivity index (χ0v) is 10.4. The van der Waals surface area contributed by atoms with Gasteiger partial charge in [0.25, 0.3) is 5.91 Å². The zero-order chi connectivity index (χ0) is 13.9. The van der Waals surface area contributed by atoms with E-state index in [1.807, 2.05) is 0 Å². The molecule has 0 unspecified atom stereocenters. The van der Waals surface area contributed by atoms with E-state index in [9.17, 15) is 9.59 Å². The van der Waals surface area contributed by atoms with Gasteiger partial charge in [-0.1, -0.05) is 0 Å². The number of amides is 2. The molecule has 0 saturated carbocycles. The SMILES string of the molecule is O=C(Cn1cncn1)Nc1ccc2c(c1)OCC(=O)N2. The van der Waals surface area contributed by atoms with Crippen LogP contribution < -0.4 is 15.4 Å². The first-order valence-electron chi connectivity index (χ1n) is 5.90. The highest BCUT2D eigenvalue weighted by Gasteiger charge is 2.16. The minimum atomic E-state index is -0.227. The number of anilines is 2. The minimum Gasteiger partial charge on any atom is -0.482 e. The van der Waals surface area contributed by atoms with Crippen molar-refractivity contribution in [3.05, 3.63) is 30.9 Å². The monoisotopic (exact) mass is 273 g/mol. The number of nitrogens with one attached hydrogen (secondary N) is 2. The first-order valence-corrected chi connectivity index (χ1v) is 5.90. The third-order valence-electron chi connectivity index (χ3n) is 2.67. The second-order valence-electron chi connectivity index (χ2n) is 4.19. The second-order valence-corrected chi connectivity index (χ2v) is 4.19. The first kappa shape index (κ1) is 12.2. The van der Waals surface area contributed by atoms with Gasteiger partial charge >= 0.3 is 0 Å². The fourth-order valence-corrected chi connectivity index (χ4v) is 1.81. The summed E-state index contributed by atoms with van der Waals surface area (Å²) in [6.45, 7) is 0.0536. The lowest BCUT2D eigenvalue weighted by molar-refractivity contribution is -0.119. The van der Waals surface area contributed by atoms with Gasteiger partial charge in [-0.25, -0.2) is 9.67 Å². The smallest absolute Gasteiger partial charge is 0.262 e. The average Bonchev–Trinajstić information content (AvgIpc) is 2.91. The molecule has 0 aliphatic carbocycles. The molecule has 2 amide bonds. The van der Waals surface area contributed by atoms with E-state index in [1.165, 1.54) is 17.3 Å². The van der Waals surface area contributed by atoms with E-state index in [4.69, 9.17) is 4.74 Å². The molecule has 0 saturated heterocycles. The third kappa shape index (κ3) is 2.58. The summed E-state index contributed by atoms with van der Waals surface area (Å²) in [5.41, 5.74) is 1.18. The molecule has 0 fully saturated rings. The summed E-state index contributed by atoms with van der Waals surface area (Å²) >= 11 is 0. The van der Waals surface area contributed by atoms with E-state index in [0.29, 0.717) is 17.1 Å². The fraction of sp³-hybridized carbons (Fsp3) is 0.167. The number of carbonyl (C=O) groups excluding carboxylic acids is 2. The molecule has 0 spiro atoms. The van der Waals surface area contributed by atoms with Gasteiger partial charge in [-0.15, -0.1) is 0 Å². The van der Waals surface area contributed by atoms with Crippen molar-refractivity contribution >= 4 is 23.2 Å². The van der Waals surface area contributed by atoms with Crippen molar-refractivity contribution in [2.24, 2.45) is 0 Å². The number of nitrogens with zero attached hydrogens (tertiary/aromatic N) is 3. The van der Waals surface area contributed by atoms with Crippen LogP contribution in [-0.2, 0) is 16.1 Å². The van der Waals surface area contributed by atoms with Crippen LogP contribution in [0.25, 0.3) is 0 Å². The average molecular weight is 273 g/mol. The molecular formula is C12H11N5O3. The van der Waals surface area contributed by atoms with Crippen LogP contribution in [0.15, 0.2) is 30.9 Å². The maximum atomic E-state index is 11.8. The van der Waals surface area contributed by atoms with Crippen LogP contribution in [0.1, 0.15) is 0 Å². The molecule has 20 heavy (non-hydrogen) atoms. The number of hydrogen-bond acceptors (Lipinski definition) is 5. The van der Waals surface area contributed by atoms with Crippen molar-refractivity contribution in [2.45, 2.75) is 6.54 Å². The van der Waals surface area contributed by atoms with Crippen LogP contribution in [0.3, 0.4) is 0 Å². The molecule has 0 atom stereocenters. The molecule has 2 aromatic rings. The Balaban J connectivity index is 1.69. The standard InChI is InChI=1S/C12H11N5O3/c18-11(4-17-7-13-6-14-17)15-8-1-2-9-10(3-8)20-5-12(19)16-9/h1-3,6-7H,4-5H2,(H,15,18)(H,16,19). The van der Waals surface area contributed by atoms with Crippen molar-refractivity contribution in [2.75, 3.05) is 17.2 Å². The molecule has 3 rings (SSSR count). The van der Waals surface area contributed by atoms with Crippen molar-refractivity contribution in [3.8, 4) is 5.75 Å². The lowest BCUT2D eigenvalue weighted by Gasteiger charge is -2.18. The maximum Gasteiger partial charge on any atom is 0.262 e. The van der Waals surface area contributed by atoms with Crippen LogP contribution in [0, 0.1) is 0 Å². The van der Waals surface area contributed by atoms with E-state index < -0.39 is 0 Å². The molecule has 1 aromatic heterocycles. The van der Waals surface area contributed by atoms with Gasteiger partial charge in [0.1, 0.15) is 24.9 Å². The summed E-state index contributed by atoms with van der Waals surface area (Å²) in [4.78, 5) is 26.7. The van der Waals surface area contributed by atoms with Gasteiger partial charge in [0.05, 0.1) is 5.69 Å². The number of fused-ring (bicyclic) bond motifs is 1. The quantitative estimate of drug-likeness (QED) is 0.835. The van der Waals surface area contributed by atoms with E-state index in [2.05, 4.69) is 20.7 Å². The van der Waals surface area contributed by atoms with Crippen LogP contribution in [0.4, 0.5) is 11.4 Å². The summed E-state index contributed by atoms with van der Waals surface area (Å²) in [5.74, 6) is 0.110. The minimum absolute atomic E-state index is 0.0244. The highest BCUT2D eigenvalue weighted by molar-refractivity contribution is 5.96. The number of benzene rings is 1. The Hall–Kier alpha value is -2.90. The van der Waals surface area contributed by atoms with Gasteiger partial charge in [-0.3, -0.25) is 9.59 Å². The zero-order valence-electron chi connectivity index (χ0n) is 10.4. The Labute approximate surface area is 113 Å². The van der Waals surface area contributed by atoms with Crippen LogP contribution in [0.2, 0.25) is 0 Å². The summed E-state index contributed by atoms with van der Waals surface area (Å²) in [5, 5.41) is 9.25. The Kier molecular flexibility index (Phi) is 3.04. The van der Waals surface area contributed by atoms with Gasteiger partial charge in [-0.2, -0.15) is 5.10 Å². The topological polar surface area (TPSA) is 98.1 Å². The molecule has 0 bridgehead atoms. The summed E-state index contributed by atoms with van der Waals surface area (Å²) in [7, 11) is 0. The number of rotatable bonds is 3. The Morgan fingerprint density at radius 3 is 3.20 bits per heavy atom. The van der Waals surface area contributed by atoms with Gasteiger partial charge in [0, 0.05) is 11.8 Å². The van der Waals surface area contributed by atoms with Crippen LogP contribution >= 0.6 is 0 Å². The molecule has 1 aliphatic heterocycles. The first-order chi connectivity index (χ1) is 9.70. The predicted octanol–water partition coefficient (Wildman–Crippen LogP) is 0.248. The molecule has 8 nitrogen and oxygen atoms in total. The van der Waals surface area contributed by atoms with Gasteiger partial charge < -0.3 is 15.4 Å². The molecule has 0 radical (unpaired) electrons. The van der Waals surface area contributed by atoms with Gasteiger partial charge in [0.2, 0.25) is 5.91 Å². The molecule has 102 valence electrons. The van der Waals surface area contributed by atoms with Crippen molar-refractivity contribution in [1.82, 2.24) is 14.8 Å². The molecule has 1 aromatic carbocycles. The van der Waals surface area contributed by atoms with Gasteiger partial charge in [-0.05, 0) is 12.1 Å². The lowest BCUT2D eigenvalue weighted by Crippen LogP contribution is -2.25. The largest absolute Gasteiger partial charge is 0.482 e. The summed E-state index contributed by atoms with van der Waals surface area (Å²) < 4.78 is 6.69. The number of hydrogen-bond donors (Lipinski definition) is 2. The number of aromatic nitrogens is 3. The fourth-order valence-electron chi connectivity index (χ4n) is 1.81. The highest BCUT2D eigenvalue weighted by atomic mass is 16.5. The maximum absolute atomic E-state index is 11.8. The van der Waals surface area contributed by atoms with E-state index in [1.54, 1.807) is 18.2 Å². The highest BCUT2D eigenvalue weighted by Crippen LogP contribution is 2.30. The summed E-state index contributed by atoms with van der Waals surface area (Å²) in [6, 6.07) is 5.03. The molecule has 8 heteroatoms. The van der Waals surface area contributed by atoms with Crippen LogP contribution in [-0.4, -0.2) is 33.2 Å². The molecular weight excluding hydrogens is 262 g/mol. The van der Waals surface area contributed by atoms with Crippen molar-refractivity contribution in [3.63, 3.8) is 0 Å². The lowest BCUT2D eigenvalue weighted by atomic mass is 10.2. The normalized spacial score (nSPS) is 13.1. The molecule has 2 heterocycles. The van der Waals surface area contributed by atoms with Crippen molar-refractivity contribution in [1.29, 1.82) is 0 Å². The van der Waals surface area contributed by atoms with Gasteiger partial charge in [0.15, 0.2) is 6.61 Å². The van der Waals surface area contributed by atoms with E-state index >= 15 is 0 Å². The second kappa shape index (κ2) is 5.00. The number of carbonyl (C=O) groups is 2. The Bertz CT molecular complexity index is 653. The Morgan fingerprint density at radius 1 is 1.50 bits per heavy atom. The van der Waals surface area contributed by atoms with E-state index in [0.717, 1.165) is 0 Å². The predicted molar refractivity (Wildman–Crippen MR) is 69.2 cm³/mol. The third-order valence-corrected chi connectivity index (χ3v) is 2.67. The summed E-state index contributed by atoms with van der Waals surface area (Å²) in [6.07, 6.45) is 2.83. The molecule has 1 aliphatic rings. The van der Waals surface area contributed by atoms with E-state index in [-0.39, 0.29) is 25.0 Å². The molecule has 2 N–H and O–H groups in total. The number of ether oxygens (including phenoxy) is 1. The Morgan fingerprint density at radius 2 is 2.40 bits per heavy atom.